The predicted octanol–water partition coefficient (Wildman–Crippen LogP) is 3.78. The number of pyridine rings is 1. The molecule has 1 aromatic carbocycles. The highest BCUT2D eigenvalue weighted by Gasteiger charge is 2.12. The molecule has 0 saturated carbocycles. The number of hydrogen-bond donors (Lipinski definition) is 1. The third kappa shape index (κ3) is 1.69. The van der Waals surface area contributed by atoms with E-state index in [1.807, 2.05) is 28.8 Å². The molecule has 0 fully saturated rings. The van der Waals surface area contributed by atoms with Crippen LogP contribution >= 0.6 is 15.9 Å². The molecule has 0 radical (unpaired) electrons. The first-order valence-corrected chi connectivity index (χ1v) is 6.38. The van der Waals surface area contributed by atoms with Gasteiger partial charge < -0.3 is 5.11 Å². The van der Waals surface area contributed by atoms with Gasteiger partial charge in [-0.05, 0) is 58.7 Å². The highest BCUT2D eigenvalue weighted by Crippen LogP contribution is 2.28. The van der Waals surface area contributed by atoms with Crippen molar-refractivity contribution in [3.8, 4) is 17.1 Å². The predicted molar refractivity (Wildman–Crippen MR) is 74.7 cm³/mol. The molecule has 2 heterocycles. The summed E-state index contributed by atoms with van der Waals surface area (Å²) in [4.78, 5) is 4.55. The van der Waals surface area contributed by atoms with Gasteiger partial charge in [0.1, 0.15) is 16.2 Å². The van der Waals surface area contributed by atoms with Gasteiger partial charge in [0.25, 0.3) is 0 Å². The van der Waals surface area contributed by atoms with Crippen molar-refractivity contribution in [3.05, 3.63) is 52.8 Å². The summed E-state index contributed by atoms with van der Waals surface area (Å²) in [5.41, 5.74) is 3.21. The van der Waals surface area contributed by atoms with Crippen LogP contribution in [-0.4, -0.2) is 14.5 Å². The number of imidazole rings is 1. The Morgan fingerprint density at radius 3 is 2.61 bits per heavy atom. The van der Waals surface area contributed by atoms with E-state index in [1.54, 1.807) is 12.1 Å². The van der Waals surface area contributed by atoms with E-state index in [-0.39, 0.29) is 5.75 Å². The molecule has 0 bridgehead atoms. The van der Waals surface area contributed by atoms with Gasteiger partial charge in [0.15, 0.2) is 0 Å². The molecule has 3 nitrogen and oxygen atoms in total. The zero-order valence-electron chi connectivity index (χ0n) is 9.76. The van der Waals surface area contributed by atoms with Crippen molar-refractivity contribution in [2.24, 2.45) is 0 Å². The highest BCUT2D eigenvalue weighted by molar-refractivity contribution is 9.10. The van der Waals surface area contributed by atoms with Gasteiger partial charge in [-0.1, -0.05) is 6.07 Å². The summed E-state index contributed by atoms with van der Waals surface area (Å²) in [5, 5.41) is 9.33. The summed E-state index contributed by atoms with van der Waals surface area (Å²) in [7, 11) is 0. The third-order valence-corrected chi connectivity index (χ3v) is 3.50. The third-order valence-electron chi connectivity index (χ3n) is 2.95. The van der Waals surface area contributed by atoms with Gasteiger partial charge in [-0.2, -0.15) is 0 Å². The minimum Gasteiger partial charge on any atom is -0.508 e. The lowest BCUT2D eigenvalue weighted by molar-refractivity contribution is 0.475. The lowest BCUT2D eigenvalue weighted by atomic mass is 10.2. The maximum absolute atomic E-state index is 9.33. The van der Waals surface area contributed by atoms with E-state index < -0.39 is 0 Å². The maximum atomic E-state index is 9.33. The normalized spacial score (nSPS) is 11.0. The molecule has 0 atom stereocenters. The van der Waals surface area contributed by atoms with Crippen LogP contribution in [0.4, 0.5) is 0 Å². The molecule has 0 aliphatic carbocycles. The number of phenolic OH excluding ortho intramolecular Hbond substituents is 1. The van der Waals surface area contributed by atoms with Gasteiger partial charge in [-0.15, -0.1) is 0 Å². The van der Waals surface area contributed by atoms with Crippen molar-refractivity contribution in [2.75, 3.05) is 0 Å². The van der Waals surface area contributed by atoms with Crippen LogP contribution in [-0.2, 0) is 0 Å². The monoisotopic (exact) mass is 302 g/mol. The summed E-state index contributed by atoms with van der Waals surface area (Å²) < 4.78 is 2.88. The number of aromatic hydroxyl groups is 1. The van der Waals surface area contributed by atoms with Crippen LogP contribution in [0.15, 0.2) is 47.2 Å². The Hall–Kier alpha value is -1.81. The lowest BCUT2D eigenvalue weighted by Gasteiger charge is -2.02. The Morgan fingerprint density at radius 1 is 1.17 bits per heavy atom. The molecule has 0 unspecified atom stereocenters. The number of aromatic nitrogens is 2. The Balaban J connectivity index is 2.30. The SMILES string of the molecule is Cc1cccn2c(-c3ccc(O)cc3)nc(Br)c12. The van der Waals surface area contributed by atoms with Crippen molar-refractivity contribution in [1.29, 1.82) is 0 Å². The second-order valence-corrected chi connectivity index (χ2v) is 4.93. The topological polar surface area (TPSA) is 37.5 Å². The van der Waals surface area contributed by atoms with E-state index in [0.717, 1.165) is 21.5 Å². The highest BCUT2D eigenvalue weighted by atomic mass is 79.9. The van der Waals surface area contributed by atoms with E-state index in [1.165, 1.54) is 5.56 Å². The Bertz CT molecular complexity index is 716. The van der Waals surface area contributed by atoms with Crippen molar-refractivity contribution >= 4 is 21.4 Å². The number of fused-ring (bicyclic) bond motifs is 1. The first-order valence-electron chi connectivity index (χ1n) is 5.59. The van der Waals surface area contributed by atoms with Gasteiger partial charge in [0.2, 0.25) is 0 Å². The zero-order chi connectivity index (χ0) is 12.7. The van der Waals surface area contributed by atoms with E-state index in [9.17, 15) is 5.11 Å². The van der Waals surface area contributed by atoms with Crippen LogP contribution in [0.2, 0.25) is 0 Å². The summed E-state index contributed by atoms with van der Waals surface area (Å²) in [6.45, 7) is 2.06. The van der Waals surface area contributed by atoms with E-state index >= 15 is 0 Å². The summed E-state index contributed by atoms with van der Waals surface area (Å²) in [6, 6.07) is 11.1. The van der Waals surface area contributed by atoms with Crippen molar-refractivity contribution in [2.45, 2.75) is 6.92 Å². The largest absolute Gasteiger partial charge is 0.508 e. The zero-order valence-corrected chi connectivity index (χ0v) is 11.3. The van der Waals surface area contributed by atoms with E-state index in [4.69, 9.17) is 0 Å². The van der Waals surface area contributed by atoms with Crippen molar-refractivity contribution in [1.82, 2.24) is 9.38 Å². The smallest absolute Gasteiger partial charge is 0.145 e. The molecule has 90 valence electrons. The Kier molecular flexibility index (Phi) is 2.59. The molecule has 3 rings (SSSR count). The molecular formula is C14H11BrN2O. The standard InChI is InChI=1S/C14H11BrN2O/c1-9-3-2-8-17-12(9)13(15)16-14(17)10-4-6-11(18)7-5-10/h2-8,18H,1H3. The molecule has 0 aliphatic heterocycles. The van der Waals surface area contributed by atoms with Gasteiger partial charge in [-0.25, -0.2) is 4.98 Å². The summed E-state index contributed by atoms with van der Waals surface area (Å²) in [5.74, 6) is 1.12. The molecule has 1 N–H and O–H groups in total. The number of halogens is 1. The van der Waals surface area contributed by atoms with Crippen LogP contribution in [0.25, 0.3) is 16.9 Å². The number of hydrogen-bond acceptors (Lipinski definition) is 2. The number of nitrogens with zero attached hydrogens (tertiary/aromatic N) is 2. The fourth-order valence-electron chi connectivity index (χ4n) is 2.07. The van der Waals surface area contributed by atoms with Crippen molar-refractivity contribution < 1.29 is 5.11 Å². The van der Waals surface area contributed by atoms with Gasteiger partial charge in [0.05, 0.1) is 5.52 Å². The number of phenols is 1. The molecule has 0 saturated heterocycles. The second kappa shape index (κ2) is 4.14. The van der Waals surface area contributed by atoms with E-state index in [2.05, 4.69) is 33.9 Å². The minimum absolute atomic E-state index is 0.259. The van der Waals surface area contributed by atoms with Crippen LogP contribution in [0, 0.1) is 6.92 Å². The number of aryl methyl sites for hydroxylation is 1. The second-order valence-electron chi connectivity index (χ2n) is 4.18. The quantitative estimate of drug-likeness (QED) is 0.743. The fraction of sp³-hybridized carbons (Fsp3) is 0.0714. The summed E-state index contributed by atoms with van der Waals surface area (Å²) in [6.07, 6.45) is 1.99. The average molecular weight is 303 g/mol. The average Bonchev–Trinajstić information content (AvgIpc) is 2.69. The number of rotatable bonds is 1. The van der Waals surface area contributed by atoms with Crippen LogP contribution < -0.4 is 0 Å². The van der Waals surface area contributed by atoms with Gasteiger partial charge >= 0.3 is 0 Å². The maximum Gasteiger partial charge on any atom is 0.145 e. The fourth-order valence-corrected chi connectivity index (χ4v) is 2.74. The summed E-state index contributed by atoms with van der Waals surface area (Å²) >= 11 is 3.50. The Morgan fingerprint density at radius 2 is 1.89 bits per heavy atom. The molecule has 0 spiro atoms. The van der Waals surface area contributed by atoms with Crippen LogP contribution in [0.3, 0.4) is 0 Å². The molecule has 18 heavy (non-hydrogen) atoms. The molecular weight excluding hydrogens is 292 g/mol. The molecule has 0 aliphatic rings. The van der Waals surface area contributed by atoms with E-state index in [0.29, 0.717) is 0 Å². The lowest BCUT2D eigenvalue weighted by Crippen LogP contribution is -1.89. The molecule has 3 aromatic rings. The Labute approximate surface area is 113 Å². The molecule has 2 aromatic heterocycles. The minimum atomic E-state index is 0.259. The number of benzene rings is 1. The molecule has 4 heteroatoms. The first kappa shape index (κ1) is 11.3. The first-order chi connectivity index (χ1) is 8.66. The van der Waals surface area contributed by atoms with Gasteiger partial charge in [0, 0.05) is 11.8 Å². The molecule has 0 amide bonds. The van der Waals surface area contributed by atoms with Gasteiger partial charge in [-0.3, -0.25) is 4.40 Å². The van der Waals surface area contributed by atoms with Crippen LogP contribution in [0.1, 0.15) is 5.56 Å². The van der Waals surface area contributed by atoms with Crippen LogP contribution in [0.5, 0.6) is 5.75 Å². The van der Waals surface area contributed by atoms with Crippen molar-refractivity contribution in [3.63, 3.8) is 0 Å².